The fourth-order valence-corrected chi connectivity index (χ4v) is 5.81. The number of carbonyl (C=O) groups excluding carboxylic acids is 1. The number of carboxylic acids is 1. The fraction of sp³-hybridized carbons (Fsp3) is 0.290. The van der Waals surface area contributed by atoms with Gasteiger partial charge in [-0.2, -0.15) is 5.10 Å². The van der Waals surface area contributed by atoms with E-state index in [4.69, 9.17) is 28.3 Å². The zero-order valence-electron chi connectivity index (χ0n) is 22.2. The number of rotatable bonds is 9. The van der Waals surface area contributed by atoms with Crippen LogP contribution in [-0.2, 0) is 16.0 Å². The highest BCUT2D eigenvalue weighted by molar-refractivity contribution is 6.42. The van der Waals surface area contributed by atoms with Crippen molar-refractivity contribution in [3.8, 4) is 16.9 Å². The van der Waals surface area contributed by atoms with Crippen molar-refractivity contribution in [1.29, 1.82) is 0 Å². The first-order chi connectivity index (χ1) is 19.1. The van der Waals surface area contributed by atoms with Gasteiger partial charge in [0.2, 0.25) is 5.91 Å². The first-order valence-corrected chi connectivity index (χ1v) is 13.9. The minimum absolute atomic E-state index is 0.0719. The van der Waals surface area contributed by atoms with Gasteiger partial charge in [0.1, 0.15) is 6.04 Å². The number of benzene rings is 2. The predicted octanol–water partition coefficient (Wildman–Crippen LogP) is 6.57. The summed E-state index contributed by atoms with van der Waals surface area (Å²) in [6, 6.07) is 19.7. The Morgan fingerprint density at radius 3 is 2.50 bits per heavy atom. The van der Waals surface area contributed by atoms with E-state index in [9.17, 15) is 14.7 Å². The van der Waals surface area contributed by atoms with Crippen LogP contribution in [0.25, 0.3) is 16.9 Å². The number of amides is 1. The van der Waals surface area contributed by atoms with Crippen molar-refractivity contribution in [3.63, 3.8) is 0 Å². The summed E-state index contributed by atoms with van der Waals surface area (Å²) in [6.45, 7) is 4.29. The number of nitrogens with zero attached hydrogens (tertiary/aromatic N) is 3. The summed E-state index contributed by atoms with van der Waals surface area (Å²) >= 11 is 12.5. The highest BCUT2D eigenvalue weighted by Crippen LogP contribution is 2.58. The molecule has 0 spiro atoms. The lowest BCUT2D eigenvalue weighted by molar-refractivity contribution is -0.142. The topological polar surface area (TPSA) is 97.1 Å². The number of hydrogen-bond acceptors (Lipinski definition) is 4. The number of carboxylic acid groups (broad SMARTS) is 1. The van der Waals surface area contributed by atoms with Crippen LogP contribution >= 0.6 is 23.2 Å². The van der Waals surface area contributed by atoms with Crippen molar-refractivity contribution in [1.82, 2.24) is 20.1 Å². The Hall–Kier alpha value is -3.68. The molecule has 40 heavy (non-hydrogen) atoms. The first-order valence-electron chi connectivity index (χ1n) is 13.2. The van der Waals surface area contributed by atoms with Gasteiger partial charge in [-0.25, -0.2) is 9.48 Å². The molecule has 2 aromatic carbocycles. The van der Waals surface area contributed by atoms with Crippen LogP contribution in [0.1, 0.15) is 43.9 Å². The minimum Gasteiger partial charge on any atom is -0.480 e. The van der Waals surface area contributed by atoms with E-state index in [1.165, 1.54) is 0 Å². The maximum Gasteiger partial charge on any atom is 0.326 e. The maximum atomic E-state index is 13.0. The molecular weight excluding hydrogens is 547 g/mol. The lowest BCUT2D eigenvalue weighted by Gasteiger charge is -2.52. The summed E-state index contributed by atoms with van der Waals surface area (Å²) in [7, 11) is 0. The Bertz CT molecular complexity index is 1520. The number of nitrogens with one attached hydrogen (secondary N) is 1. The molecule has 4 aromatic rings. The molecule has 1 aliphatic carbocycles. The number of aromatic nitrogens is 3. The van der Waals surface area contributed by atoms with Gasteiger partial charge in [-0.05, 0) is 59.7 Å². The molecule has 206 valence electrons. The molecule has 7 nitrogen and oxygen atoms in total. The molecule has 1 amide bonds. The van der Waals surface area contributed by atoms with Gasteiger partial charge in [-0.3, -0.25) is 9.78 Å². The van der Waals surface area contributed by atoms with Crippen LogP contribution in [0.3, 0.4) is 0 Å². The molecular formula is C31H30Cl2N4O3. The number of hydrogen-bond donors (Lipinski definition) is 2. The summed E-state index contributed by atoms with van der Waals surface area (Å²) in [5.74, 6) is -1.12. The third kappa shape index (κ3) is 5.76. The van der Waals surface area contributed by atoms with E-state index in [0.717, 1.165) is 34.6 Å². The molecule has 1 saturated carbocycles. The van der Waals surface area contributed by atoms with Gasteiger partial charge >= 0.3 is 5.97 Å². The Morgan fingerprint density at radius 1 is 1.07 bits per heavy atom. The average molecular weight is 578 g/mol. The highest BCUT2D eigenvalue weighted by Gasteiger charge is 2.50. The average Bonchev–Trinajstić information content (AvgIpc) is 3.37. The van der Waals surface area contributed by atoms with Crippen molar-refractivity contribution in [3.05, 3.63) is 100 Å². The molecule has 0 aliphatic heterocycles. The molecule has 1 aliphatic rings. The van der Waals surface area contributed by atoms with Crippen LogP contribution in [-0.4, -0.2) is 37.8 Å². The molecule has 5 rings (SSSR count). The highest BCUT2D eigenvalue weighted by atomic mass is 35.5. The first kappa shape index (κ1) is 27.9. The van der Waals surface area contributed by atoms with Crippen LogP contribution < -0.4 is 5.32 Å². The van der Waals surface area contributed by atoms with Gasteiger partial charge < -0.3 is 10.4 Å². The number of carbonyl (C=O) groups is 2. The van der Waals surface area contributed by atoms with Crippen molar-refractivity contribution in [2.75, 3.05) is 0 Å². The van der Waals surface area contributed by atoms with E-state index < -0.39 is 12.0 Å². The molecule has 0 unspecified atom stereocenters. The van der Waals surface area contributed by atoms with Crippen molar-refractivity contribution >= 4 is 35.1 Å². The van der Waals surface area contributed by atoms with E-state index in [1.54, 1.807) is 24.5 Å². The van der Waals surface area contributed by atoms with Gasteiger partial charge in [-0.1, -0.05) is 67.4 Å². The van der Waals surface area contributed by atoms with Crippen LogP contribution in [0.15, 0.2) is 79.1 Å². The van der Waals surface area contributed by atoms with Crippen molar-refractivity contribution in [2.45, 2.75) is 45.1 Å². The summed E-state index contributed by atoms with van der Waals surface area (Å²) in [5, 5.41) is 18.3. The van der Waals surface area contributed by atoms with E-state index in [-0.39, 0.29) is 36.0 Å². The Morgan fingerprint density at radius 2 is 1.85 bits per heavy atom. The second-order valence-electron chi connectivity index (χ2n) is 10.9. The molecule has 2 aromatic heterocycles. The summed E-state index contributed by atoms with van der Waals surface area (Å²) in [6.07, 6.45) is 4.74. The quantitative estimate of drug-likeness (QED) is 0.235. The zero-order chi connectivity index (χ0) is 28.4. The Labute approximate surface area is 243 Å². The van der Waals surface area contributed by atoms with Gasteiger partial charge in [0.05, 0.1) is 21.4 Å². The normalized spacial score (nSPS) is 18.5. The van der Waals surface area contributed by atoms with Crippen LogP contribution in [0.4, 0.5) is 0 Å². The van der Waals surface area contributed by atoms with E-state index >= 15 is 0 Å². The third-order valence-electron chi connectivity index (χ3n) is 8.02. The Kier molecular flexibility index (Phi) is 7.97. The van der Waals surface area contributed by atoms with E-state index in [1.807, 2.05) is 53.2 Å². The zero-order valence-corrected chi connectivity index (χ0v) is 23.7. The molecule has 2 N–H and O–H groups in total. The molecule has 3 atom stereocenters. The molecule has 9 heteroatoms. The molecule has 0 bridgehead atoms. The van der Waals surface area contributed by atoms with Crippen LogP contribution in [0.5, 0.6) is 0 Å². The van der Waals surface area contributed by atoms with Gasteiger partial charge in [0, 0.05) is 42.4 Å². The van der Waals surface area contributed by atoms with Gasteiger partial charge in [0.15, 0.2) is 0 Å². The smallest absolute Gasteiger partial charge is 0.326 e. The minimum atomic E-state index is -1.04. The fourth-order valence-electron chi connectivity index (χ4n) is 5.51. The summed E-state index contributed by atoms with van der Waals surface area (Å²) in [4.78, 5) is 29.1. The van der Waals surface area contributed by atoms with Crippen molar-refractivity contribution in [2.24, 2.45) is 11.3 Å². The monoisotopic (exact) mass is 576 g/mol. The second kappa shape index (κ2) is 11.4. The third-order valence-corrected chi connectivity index (χ3v) is 8.76. The SMILES string of the molecule is CC1(C)[C@@H](CC(=O)N[C@@H](Cc2ccccc2)C(=O)O)C[C@@H]1c1cc(-c2cccnc2)nn1-c1ccc(Cl)c(Cl)c1. The number of pyridine rings is 1. The lowest BCUT2D eigenvalue weighted by Crippen LogP contribution is -2.48. The lowest BCUT2D eigenvalue weighted by atomic mass is 9.52. The van der Waals surface area contributed by atoms with Gasteiger partial charge in [0.25, 0.3) is 0 Å². The van der Waals surface area contributed by atoms with Gasteiger partial charge in [-0.15, -0.1) is 0 Å². The molecule has 2 heterocycles. The Balaban J connectivity index is 1.35. The summed E-state index contributed by atoms with van der Waals surface area (Å²) < 4.78 is 1.90. The van der Waals surface area contributed by atoms with Crippen LogP contribution in [0, 0.1) is 11.3 Å². The molecule has 0 radical (unpaired) electrons. The van der Waals surface area contributed by atoms with Crippen molar-refractivity contribution < 1.29 is 14.7 Å². The molecule has 1 fully saturated rings. The largest absolute Gasteiger partial charge is 0.480 e. The van der Waals surface area contributed by atoms with Crippen LogP contribution in [0.2, 0.25) is 10.0 Å². The van der Waals surface area contributed by atoms with E-state index in [0.29, 0.717) is 10.0 Å². The van der Waals surface area contributed by atoms with E-state index in [2.05, 4.69) is 30.2 Å². The maximum absolute atomic E-state index is 13.0. The number of aliphatic carboxylic acids is 1. The second-order valence-corrected chi connectivity index (χ2v) is 11.7. The predicted molar refractivity (Wildman–Crippen MR) is 156 cm³/mol. The standard InChI is InChI=1S/C31H30Cl2N4O3/c1-31(2)21(15-29(38)35-27(30(39)40)13-19-7-4-3-5-8-19)14-23(31)28-17-26(20-9-6-12-34-18-20)36-37(28)22-10-11-24(32)25(33)16-22/h3-12,16-18,21,23,27H,13-15H2,1-2H3,(H,35,38)(H,39,40)/t21-,23-,27+/m1/s1. The molecule has 0 saturated heterocycles. The number of halogens is 2. The summed E-state index contributed by atoms with van der Waals surface area (Å²) in [5.41, 5.74) is 4.10.